The number of benzene rings is 1. The number of fused-ring (bicyclic) bond motifs is 1. The van der Waals surface area contributed by atoms with E-state index in [-0.39, 0.29) is 22.8 Å². The Labute approximate surface area is 118 Å². The van der Waals surface area contributed by atoms with Crippen LogP contribution in [0.3, 0.4) is 0 Å². The van der Waals surface area contributed by atoms with Gasteiger partial charge in [-0.15, -0.1) is 0 Å². The number of hydrogen-bond donors (Lipinski definition) is 2. The van der Waals surface area contributed by atoms with Crippen molar-refractivity contribution in [3.63, 3.8) is 0 Å². The van der Waals surface area contributed by atoms with Crippen LogP contribution in [0.1, 0.15) is 5.56 Å². The van der Waals surface area contributed by atoms with Crippen molar-refractivity contribution < 1.29 is 14.9 Å². The molecule has 0 aliphatic carbocycles. The van der Waals surface area contributed by atoms with Crippen molar-refractivity contribution in [2.45, 2.75) is 17.2 Å². The summed E-state index contributed by atoms with van der Waals surface area (Å²) in [6, 6.07) is 4.69. The predicted octanol–water partition coefficient (Wildman–Crippen LogP) is 1.17. The van der Waals surface area contributed by atoms with Crippen LogP contribution in [0.25, 0.3) is 0 Å². The molecular formula is C11H10N4O4S. The van der Waals surface area contributed by atoms with E-state index in [1.165, 1.54) is 6.07 Å². The molecular weight excluding hydrogens is 284 g/mol. The van der Waals surface area contributed by atoms with Crippen molar-refractivity contribution in [3.05, 3.63) is 27.8 Å². The fraction of sp³-hybridized carbons (Fsp3) is 0.273. The van der Waals surface area contributed by atoms with Crippen LogP contribution < -0.4 is 10.4 Å². The van der Waals surface area contributed by atoms with Crippen LogP contribution in [-0.4, -0.2) is 28.0 Å². The van der Waals surface area contributed by atoms with Gasteiger partial charge in [-0.05, 0) is 18.6 Å². The summed E-state index contributed by atoms with van der Waals surface area (Å²) in [5.74, 6) is -0.581. The summed E-state index contributed by atoms with van der Waals surface area (Å²) in [5.41, 5.74) is 0.673. The number of nitrogens with zero attached hydrogens (tertiary/aromatic N) is 3. The SMILES string of the molecule is Cc1cc2c(c([N+](=O)[O-])c1)SC(C(=O)NCC#N)N2O. The van der Waals surface area contributed by atoms with Crippen molar-refractivity contribution in [2.24, 2.45) is 0 Å². The van der Waals surface area contributed by atoms with Crippen molar-refractivity contribution in [2.75, 3.05) is 11.6 Å². The van der Waals surface area contributed by atoms with E-state index >= 15 is 0 Å². The molecule has 20 heavy (non-hydrogen) atoms. The second-order valence-electron chi connectivity index (χ2n) is 4.08. The highest BCUT2D eigenvalue weighted by molar-refractivity contribution is 8.01. The van der Waals surface area contributed by atoms with Crippen LogP contribution in [0.5, 0.6) is 0 Å². The standard InChI is InChI=1S/C11H10N4O4S/c1-6-4-7-9(8(5-6)15(18)19)20-11(14(7)17)10(16)13-3-2-12/h4-5,11,17H,3H2,1H3,(H,13,16). The van der Waals surface area contributed by atoms with Crippen molar-refractivity contribution in [1.82, 2.24) is 5.32 Å². The topological polar surface area (TPSA) is 120 Å². The van der Waals surface area contributed by atoms with Gasteiger partial charge in [0, 0.05) is 6.07 Å². The number of hydroxylamine groups is 1. The van der Waals surface area contributed by atoms with E-state index in [1.807, 2.05) is 0 Å². The minimum Gasteiger partial charge on any atom is -0.340 e. The van der Waals surface area contributed by atoms with Gasteiger partial charge in [-0.2, -0.15) is 5.26 Å². The quantitative estimate of drug-likeness (QED) is 0.487. The van der Waals surface area contributed by atoms with E-state index in [2.05, 4.69) is 5.32 Å². The first-order valence-electron chi connectivity index (χ1n) is 5.54. The van der Waals surface area contributed by atoms with E-state index < -0.39 is 16.2 Å². The lowest BCUT2D eigenvalue weighted by Gasteiger charge is -2.17. The lowest BCUT2D eigenvalue weighted by molar-refractivity contribution is -0.387. The van der Waals surface area contributed by atoms with Gasteiger partial charge < -0.3 is 5.32 Å². The lowest BCUT2D eigenvalue weighted by Crippen LogP contribution is -2.41. The Kier molecular flexibility index (Phi) is 3.78. The third-order valence-electron chi connectivity index (χ3n) is 2.66. The van der Waals surface area contributed by atoms with E-state index in [1.54, 1.807) is 19.1 Å². The number of rotatable bonds is 3. The molecule has 1 aromatic rings. The highest BCUT2D eigenvalue weighted by Gasteiger charge is 2.39. The predicted molar refractivity (Wildman–Crippen MR) is 70.4 cm³/mol. The Morgan fingerprint density at radius 3 is 3.00 bits per heavy atom. The highest BCUT2D eigenvalue weighted by atomic mass is 32.2. The van der Waals surface area contributed by atoms with E-state index in [9.17, 15) is 20.1 Å². The van der Waals surface area contributed by atoms with Crippen LogP contribution in [0.2, 0.25) is 0 Å². The second kappa shape index (κ2) is 5.36. The van der Waals surface area contributed by atoms with Gasteiger partial charge in [-0.1, -0.05) is 11.8 Å². The average Bonchev–Trinajstić information content (AvgIpc) is 2.72. The molecule has 0 radical (unpaired) electrons. The number of amides is 1. The van der Waals surface area contributed by atoms with Gasteiger partial charge in [-0.25, -0.2) is 5.06 Å². The number of nitriles is 1. The number of anilines is 1. The maximum atomic E-state index is 11.8. The van der Waals surface area contributed by atoms with Gasteiger partial charge in [0.1, 0.15) is 11.4 Å². The van der Waals surface area contributed by atoms with Gasteiger partial charge >= 0.3 is 0 Å². The average molecular weight is 294 g/mol. The molecule has 1 unspecified atom stereocenters. The molecule has 0 bridgehead atoms. The number of nitrogens with one attached hydrogen (secondary N) is 1. The Bertz CT molecular complexity index is 628. The van der Waals surface area contributed by atoms with Gasteiger partial charge in [-0.3, -0.25) is 20.1 Å². The summed E-state index contributed by atoms with van der Waals surface area (Å²) < 4.78 is 0. The third kappa shape index (κ3) is 2.38. The number of nitro groups is 1. The van der Waals surface area contributed by atoms with E-state index in [4.69, 9.17) is 5.26 Å². The smallest absolute Gasteiger partial charge is 0.285 e. The number of aryl methyl sites for hydroxylation is 1. The summed E-state index contributed by atoms with van der Waals surface area (Å²) in [4.78, 5) is 22.5. The molecule has 8 nitrogen and oxygen atoms in total. The molecule has 9 heteroatoms. The monoisotopic (exact) mass is 294 g/mol. The molecule has 104 valence electrons. The summed E-state index contributed by atoms with van der Waals surface area (Å²) in [6.07, 6.45) is 0. The van der Waals surface area contributed by atoms with Gasteiger partial charge in [0.25, 0.3) is 11.6 Å². The molecule has 0 spiro atoms. The summed E-state index contributed by atoms with van der Waals surface area (Å²) in [7, 11) is 0. The first-order valence-corrected chi connectivity index (χ1v) is 6.42. The molecule has 0 fully saturated rings. The number of thioether (sulfide) groups is 1. The molecule has 1 aliphatic rings. The van der Waals surface area contributed by atoms with Crippen LogP contribution in [0.4, 0.5) is 11.4 Å². The first-order chi connectivity index (χ1) is 9.45. The molecule has 1 amide bonds. The fourth-order valence-electron chi connectivity index (χ4n) is 1.83. The number of carbonyl (C=O) groups excluding carboxylic acids is 1. The summed E-state index contributed by atoms with van der Waals surface area (Å²) >= 11 is 0.879. The molecule has 0 saturated carbocycles. The molecule has 1 aromatic carbocycles. The normalized spacial score (nSPS) is 16.4. The zero-order chi connectivity index (χ0) is 14.9. The maximum absolute atomic E-state index is 11.8. The molecule has 2 N–H and O–H groups in total. The summed E-state index contributed by atoms with van der Waals surface area (Å²) in [5, 5.41) is 31.4. The molecule has 1 heterocycles. The Balaban J connectivity index is 2.36. The van der Waals surface area contributed by atoms with Crippen molar-refractivity contribution in [3.8, 4) is 6.07 Å². The number of nitro benzene ring substituents is 1. The highest BCUT2D eigenvalue weighted by Crippen LogP contribution is 2.47. The third-order valence-corrected chi connectivity index (χ3v) is 3.95. The Morgan fingerprint density at radius 2 is 2.40 bits per heavy atom. The number of carbonyl (C=O) groups is 1. The number of hydrogen-bond acceptors (Lipinski definition) is 7. The fourth-order valence-corrected chi connectivity index (χ4v) is 2.98. The largest absolute Gasteiger partial charge is 0.340 e. The molecule has 0 saturated heterocycles. The Morgan fingerprint density at radius 1 is 1.70 bits per heavy atom. The van der Waals surface area contributed by atoms with Gasteiger partial charge in [0.05, 0.1) is 16.7 Å². The zero-order valence-corrected chi connectivity index (χ0v) is 11.2. The molecule has 1 aliphatic heterocycles. The van der Waals surface area contributed by atoms with E-state index in [0.29, 0.717) is 10.6 Å². The van der Waals surface area contributed by atoms with E-state index in [0.717, 1.165) is 11.8 Å². The van der Waals surface area contributed by atoms with Crippen LogP contribution in [0, 0.1) is 28.4 Å². The minimum atomic E-state index is -1.04. The Hall–Kier alpha value is -2.31. The maximum Gasteiger partial charge on any atom is 0.285 e. The minimum absolute atomic E-state index is 0.153. The van der Waals surface area contributed by atoms with Crippen molar-refractivity contribution in [1.29, 1.82) is 5.26 Å². The zero-order valence-electron chi connectivity index (χ0n) is 10.4. The molecule has 2 rings (SSSR count). The first kappa shape index (κ1) is 14.1. The van der Waals surface area contributed by atoms with Crippen LogP contribution >= 0.6 is 11.8 Å². The lowest BCUT2D eigenvalue weighted by atomic mass is 10.2. The van der Waals surface area contributed by atoms with Crippen LogP contribution in [-0.2, 0) is 4.79 Å². The molecule has 1 atom stereocenters. The second-order valence-corrected chi connectivity index (χ2v) is 5.17. The van der Waals surface area contributed by atoms with Crippen LogP contribution in [0.15, 0.2) is 17.0 Å². The van der Waals surface area contributed by atoms with Gasteiger partial charge in [0.15, 0.2) is 5.37 Å². The molecule has 0 aromatic heterocycles. The summed E-state index contributed by atoms with van der Waals surface area (Å²) in [6.45, 7) is 1.47. The van der Waals surface area contributed by atoms with Crippen molar-refractivity contribution >= 4 is 29.0 Å². The van der Waals surface area contributed by atoms with Gasteiger partial charge in [0.2, 0.25) is 0 Å².